The second-order valence-corrected chi connectivity index (χ2v) is 2.08. The molecule has 1 aromatic rings. The van der Waals surface area contributed by atoms with Crippen LogP contribution < -0.4 is 5.73 Å². The van der Waals surface area contributed by atoms with E-state index in [2.05, 4.69) is 0 Å². The SMILES string of the molecule is Nc1ccc(O)c(C(=O)O)c1.[Bi]. The van der Waals surface area contributed by atoms with Gasteiger partial charge in [-0.2, -0.15) is 0 Å². The molecule has 0 unspecified atom stereocenters. The number of phenols is 1. The van der Waals surface area contributed by atoms with E-state index in [4.69, 9.17) is 15.9 Å². The largest absolute Gasteiger partial charge is 0.507 e. The van der Waals surface area contributed by atoms with E-state index in [1.807, 2.05) is 0 Å². The van der Waals surface area contributed by atoms with E-state index in [9.17, 15) is 4.79 Å². The fourth-order valence-corrected chi connectivity index (χ4v) is 0.725. The van der Waals surface area contributed by atoms with Crippen molar-refractivity contribution in [2.75, 3.05) is 5.73 Å². The molecule has 0 spiro atoms. The Morgan fingerprint density at radius 3 is 2.42 bits per heavy atom. The zero-order valence-corrected chi connectivity index (χ0v) is 9.54. The Labute approximate surface area is 88.1 Å². The number of anilines is 1. The Bertz CT molecular complexity index is 301. The summed E-state index contributed by atoms with van der Waals surface area (Å²) in [6.07, 6.45) is 0. The molecule has 0 saturated carbocycles. The van der Waals surface area contributed by atoms with Crippen molar-refractivity contribution in [1.82, 2.24) is 0 Å². The van der Waals surface area contributed by atoms with Crippen molar-refractivity contribution in [2.45, 2.75) is 0 Å². The number of aromatic carboxylic acids is 1. The standard InChI is InChI=1S/C7H7NO3.Bi/c8-4-1-2-6(9)5(3-4)7(10)11;/h1-3,9H,8H2,(H,10,11);. The minimum Gasteiger partial charge on any atom is -0.507 e. The number of aromatic hydroxyl groups is 1. The fourth-order valence-electron chi connectivity index (χ4n) is 0.725. The normalized spacial score (nSPS) is 8.67. The molecule has 1 rings (SSSR count). The molecule has 3 radical (unpaired) electrons. The Morgan fingerprint density at radius 1 is 1.42 bits per heavy atom. The number of carboxylic acids is 1. The Morgan fingerprint density at radius 2 is 2.00 bits per heavy atom. The van der Waals surface area contributed by atoms with Crippen LogP contribution in [0.25, 0.3) is 0 Å². The van der Waals surface area contributed by atoms with Crippen LogP contribution in [0, 0.1) is 0 Å². The minimum atomic E-state index is -1.19. The van der Waals surface area contributed by atoms with E-state index >= 15 is 0 Å². The van der Waals surface area contributed by atoms with Gasteiger partial charge in [-0.05, 0) is 18.2 Å². The van der Waals surface area contributed by atoms with Gasteiger partial charge in [-0.25, -0.2) is 4.79 Å². The Kier molecular flexibility index (Phi) is 3.97. The summed E-state index contributed by atoms with van der Waals surface area (Å²) < 4.78 is 0. The molecule has 1 aromatic carbocycles. The predicted molar refractivity (Wildman–Crippen MR) is 45.2 cm³/mol. The zero-order valence-electron chi connectivity index (χ0n) is 6.06. The van der Waals surface area contributed by atoms with Crippen molar-refractivity contribution in [1.29, 1.82) is 0 Å². The van der Waals surface area contributed by atoms with E-state index in [0.717, 1.165) is 0 Å². The predicted octanol–water partition coefficient (Wildman–Crippen LogP) is 0.292. The average Bonchev–Trinajstić information content (AvgIpc) is 1.94. The summed E-state index contributed by atoms with van der Waals surface area (Å²) in [5.74, 6) is -1.46. The Balaban J connectivity index is 0.00000121. The van der Waals surface area contributed by atoms with Gasteiger partial charge in [0.25, 0.3) is 0 Å². The first-order valence-corrected chi connectivity index (χ1v) is 2.93. The quantitative estimate of drug-likeness (QED) is 0.381. The van der Waals surface area contributed by atoms with Crippen LogP contribution in [0.15, 0.2) is 18.2 Å². The first kappa shape index (κ1) is 11.2. The summed E-state index contributed by atoms with van der Waals surface area (Å²) >= 11 is 0. The molecule has 4 N–H and O–H groups in total. The molecule has 0 atom stereocenters. The Hall–Kier alpha value is -0.827. The average molecular weight is 362 g/mol. The number of carboxylic acid groups (broad SMARTS) is 1. The number of hydrogen-bond donors (Lipinski definition) is 3. The molecule has 0 bridgehead atoms. The van der Waals surface area contributed by atoms with Crippen LogP contribution in [-0.4, -0.2) is 42.4 Å². The van der Waals surface area contributed by atoms with E-state index in [1.165, 1.54) is 18.2 Å². The number of carbonyl (C=O) groups is 1. The van der Waals surface area contributed by atoms with E-state index in [0.29, 0.717) is 5.69 Å². The smallest absolute Gasteiger partial charge is 0.339 e. The summed E-state index contributed by atoms with van der Waals surface area (Å²) in [7, 11) is 0. The molecule has 63 valence electrons. The van der Waals surface area contributed by atoms with Crippen LogP contribution in [0.3, 0.4) is 0 Å². The summed E-state index contributed by atoms with van der Waals surface area (Å²) in [5, 5.41) is 17.4. The maximum absolute atomic E-state index is 10.4. The van der Waals surface area contributed by atoms with Gasteiger partial charge in [0.2, 0.25) is 0 Å². The molecule has 0 amide bonds. The first-order valence-electron chi connectivity index (χ1n) is 2.93. The second kappa shape index (κ2) is 4.26. The van der Waals surface area contributed by atoms with Crippen molar-refractivity contribution in [3.63, 3.8) is 0 Å². The monoisotopic (exact) mass is 362 g/mol. The second-order valence-electron chi connectivity index (χ2n) is 2.08. The van der Waals surface area contributed by atoms with Gasteiger partial charge < -0.3 is 15.9 Å². The molecule has 0 aliphatic heterocycles. The van der Waals surface area contributed by atoms with Gasteiger partial charge in [-0.3, -0.25) is 0 Å². The van der Waals surface area contributed by atoms with Crippen LogP contribution in [0.5, 0.6) is 5.75 Å². The van der Waals surface area contributed by atoms with E-state index in [-0.39, 0.29) is 37.5 Å². The molecule has 0 aliphatic rings. The molecule has 12 heavy (non-hydrogen) atoms. The summed E-state index contributed by atoms with van der Waals surface area (Å²) in [4.78, 5) is 10.4. The van der Waals surface area contributed by atoms with Crippen LogP contribution in [0.1, 0.15) is 10.4 Å². The van der Waals surface area contributed by atoms with Gasteiger partial charge in [-0.1, -0.05) is 0 Å². The zero-order chi connectivity index (χ0) is 8.43. The van der Waals surface area contributed by atoms with Crippen LogP contribution in [0.4, 0.5) is 5.69 Å². The summed E-state index contributed by atoms with van der Waals surface area (Å²) in [6.45, 7) is 0. The van der Waals surface area contributed by atoms with Gasteiger partial charge in [0.1, 0.15) is 11.3 Å². The number of hydrogen-bond acceptors (Lipinski definition) is 3. The van der Waals surface area contributed by atoms with Crippen molar-refractivity contribution < 1.29 is 15.0 Å². The molecule has 0 saturated heterocycles. The third kappa shape index (κ3) is 2.34. The van der Waals surface area contributed by atoms with Crippen molar-refractivity contribution in [3.05, 3.63) is 23.8 Å². The topological polar surface area (TPSA) is 83.5 Å². The van der Waals surface area contributed by atoms with Crippen molar-refractivity contribution >= 4 is 37.9 Å². The molecule has 5 heteroatoms. The van der Waals surface area contributed by atoms with Crippen molar-refractivity contribution in [2.24, 2.45) is 0 Å². The molecular weight excluding hydrogens is 355 g/mol. The van der Waals surface area contributed by atoms with Crippen LogP contribution in [0.2, 0.25) is 0 Å². The molecule has 0 heterocycles. The number of nitrogen functional groups attached to an aromatic ring is 1. The number of benzene rings is 1. The fraction of sp³-hybridized carbons (Fsp3) is 0. The molecular formula is C7H7BiNO3. The minimum absolute atomic E-state index is 0. The van der Waals surface area contributed by atoms with Gasteiger partial charge in [0, 0.05) is 31.9 Å². The third-order valence-electron chi connectivity index (χ3n) is 1.25. The van der Waals surface area contributed by atoms with E-state index < -0.39 is 5.97 Å². The van der Waals surface area contributed by atoms with Gasteiger partial charge in [0.05, 0.1) is 0 Å². The van der Waals surface area contributed by atoms with Gasteiger partial charge in [0.15, 0.2) is 0 Å². The summed E-state index contributed by atoms with van der Waals surface area (Å²) in [5.41, 5.74) is 5.43. The molecule has 0 aromatic heterocycles. The number of nitrogens with two attached hydrogens (primary N) is 1. The molecule has 0 fully saturated rings. The summed E-state index contributed by atoms with van der Waals surface area (Å²) in [6, 6.07) is 3.89. The maximum atomic E-state index is 10.4. The van der Waals surface area contributed by atoms with E-state index in [1.54, 1.807) is 0 Å². The molecule has 0 aliphatic carbocycles. The van der Waals surface area contributed by atoms with Gasteiger partial charge >= 0.3 is 5.97 Å². The van der Waals surface area contributed by atoms with Crippen LogP contribution in [-0.2, 0) is 0 Å². The van der Waals surface area contributed by atoms with Gasteiger partial charge in [-0.15, -0.1) is 0 Å². The van der Waals surface area contributed by atoms with Crippen LogP contribution >= 0.6 is 0 Å². The first-order chi connectivity index (χ1) is 5.11. The third-order valence-corrected chi connectivity index (χ3v) is 1.25. The van der Waals surface area contributed by atoms with Crippen molar-refractivity contribution in [3.8, 4) is 5.75 Å². The number of rotatable bonds is 1. The maximum Gasteiger partial charge on any atom is 0.339 e. The molecule has 4 nitrogen and oxygen atoms in total.